The Kier molecular flexibility index (Phi) is 7.47. The van der Waals surface area contributed by atoms with E-state index >= 15 is 0 Å². The smallest absolute Gasteiger partial charge is 0.0406 e. The highest BCUT2D eigenvalue weighted by molar-refractivity contribution is 6.30. The van der Waals surface area contributed by atoms with Gasteiger partial charge in [0.25, 0.3) is 0 Å². The van der Waals surface area contributed by atoms with Gasteiger partial charge in [-0.05, 0) is 92.7 Å². The lowest BCUT2D eigenvalue weighted by Crippen LogP contribution is -2.26. The van der Waals surface area contributed by atoms with Crippen LogP contribution in [-0.4, -0.2) is 0 Å². The van der Waals surface area contributed by atoms with Crippen molar-refractivity contribution in [1.29, 1.82) is 0 Å². The molecule has 138 valence electrons. The van der Waals surface area contributed by atoms with Gasteiger partial charge in [0.05, 0.1) is 0 Å². The van der Waals surface area contributed by atoms with E-state index < -0.39 is 0 Å². The van der Waals surface area contributed by atoms with Gasteiger partial charge in [0, 0.05) is 5.02 Å². The summed E-state index contributed by atoms with van der Waals surface area (Å²) in [7, 11) is 0. The molecule has 0 nitrogen and oxygen atoms in total. The standard InChI is InChI=1S/C24H35Cl/c1-2-3-4-19-7-13-22(14-8-19)23-15-9-20(10-16-23)5-6-21-11-17-24(25)18-12-21/h2,11-12,17-20,22-23H,1,3-10,13-16H2/t19-,20-,22-,23-. The number of halogens is 1. The third-order valence-corrected chi connectivity index (χ3v) is 7.24. The van der Waals surface area contributed by atoms with Crippen LogP contribution in [0.15, 0.2) is 36.9 Å². The van der Waals surface area contributed by atoms with Gasteiger partial charge in [-0.3, -0.25) is 0 Å². The van der Waals surface area contributed by atoms with E-state index in [0.717, 1.165) is 28.7 Å². The summed E-state index contributed by atoms with van der Waals surface area (Å²) >= 11 is 5.98. The van der Waals surface area contributed by atoms with Crippen LogP contribution in [0.5, 0.6) is 0 Å². The zero-order valence-corrected chi connectivity index (χ0v) is 16.5. The molecule has 0 N–H and O–H groups in total. The number of benzene rings is 1. The first-order valence-corrected chi connectivity index (χ1v) is 11.0. The van der Waals surface area contributed by atoms with Crippen molar-refractivity contribution < 1.29 is 0 Å². The van der Waals surface area contributed by atoms with Crippen LogP contribution in [0, 0.1) is 23.7 Å². The minimum atomic E-state index is 0.850. The minimum absolute atomic E-state index is 0.850. The molecule has 1 aromatic rings. The van der Waals surface area contributed by atoms with E-state index in [1.807, 2.05) is 12.1 Å². The fourth-order valence-corrected chi connectivity index (χ4v) is 5.40. The predicted molar refractivity (Wildman–Crippen MR) is 110 cm³/mol. The molecule has 0 aliphatic heterocycles. The lowest BCUT2D eigenvalue weighted by atomic mass is 9.68. The normalized spacial score (nSPS) is 30.1. The molecule has 0 bridgehead atoms. The molecular formula is C24H35Cl. The van der Waals surface area contributed by atoms with Crippen LogP contribution in [0.1, 0.15) is 76.2 Å². The maximum absolute atomic E-state index is 5.98. The molecule has 3 rings (SSSR count). The summed E-state index contributed by atoms with van der Waals surface area (Å²) in [5, 5.41) is 0.850. The summed E-state index contributed by atoms with van der Waals surface area (Å²) in [5.74, 6) is 4.02. The van der Waals surface area contributed by atoms with Crippen LogP contribution in [0.3, 0.4) is 0 Å². The summed E-state index contributed by atoms with van der Waals surface area (Å²) in [6.45, 7) is 3.87. The molecule has 0 amide bonds. The zero-order valence-electron chi connectivity index (χ0n) is 15.8. The second-order valence-electron chi connectivity index (χ2n) is 8.59. The molecular weight excluding hydrogens is 324 g/mol. The quantitative estimate of drug-likeness (QED) is 0.435. The fraction of sp³-hybridized carbons (Fsp3) is 0.667. The van der Waals surface area contributed by atoms with E-state index in [1.54, 1.807) is 0 Å². The van der Waals surface area contributed by atoms with Crippen molar-refractivity contribution in [3.05, 3.63) is 47.5 Å². The molecule has 2 saturated carbocycles. The SMILES string of the molecule is C=CCC[C@H]1CC[C@H]([C@H]2CC[C@H](CCc3ccc(Cl)cc3)CC2)CC1. The van der Waals surface area contributed by atoms with Crippen LogP contribution in [0.2, 0.25) is 5.02 Å². The molecule has 1 heteroatoms. The second-order valence-corrected chi connectivity index (χ2v) is 9.03. The predicted octanol–water partition coefficient (Wildman–Crippen LogP) is 7.85. The van der Waals surface area contributed by atoms with E-state index in [2.05, 4.69) is 24.8 Å². The molecule has 2 fully saturated rings. The van der Waals surface area contributed by atoms with Crippen LogP contribution >= 0.6 is 11.6 Å². The summed E-state index contributed by atoms with van der Waals surface area (Å²) in [6, 6.07) is 8.44. The largest absolute Gasteiger partial charge is 0.103 e. The van der Waals surface area contributed by atoms with Gasteiger partial charge >= 0.3 is 0 Å². The summed E-state index contributed by atoms with van der Waals surface area (Å²) in [5.41, 5.74) is 1.45. The van der Waals surface area contributed by atoms with Crippen molar-refractivity contribution >= 4 is 11.6 Å². The van der Waals surface area contributed by atoms with Gasteiger partial charge in [0.15, 0.2) is 0 Å². The highest BCUT2D eigenvalue weighted by atomic mass is 35.5. The Bertz CT molecular complexity index is 501. The molecule has 0 aromatic heterocycles. The average Bonchev–Trinajstić information content (AvgIpc) is 2.67. The first-order valence-electron chi connectivity index (χ1n) is 10.6. The van der Waals surface area contributed by atoms with E-state index in [4.69, 9.17) is 11.6 Å². The average molecular weight is 359 g/mol. The molecule has 2 aliphatic carbocycles. The summed E-state index contributed by atoms with van der Waals surface area (Å²) in [4.78, 5) is 0. The first kappa shape index (κ1) is 19.0. The van der Waals surface area contributed by atoms with Crippen molar-refractivity contribution in [1.82, 2.24) is 0 Å². The Hall–Kier alpha value is -0.750. The minimum Gasteiger partial charge on any atom is -0.103 e. The number of aryl methyl sites for hydroxylation is 1. The molecule has 25 heavy (non-hydrogen) atoms. The molecule has 0 radical (unpaired) electrons. The third kappa shape index (κ3) is 5.88. The second kappa shape index (κ2) is 9.81. The Balaban J connectivity index is 1.34. The number of rotatable bonds is 7. The van der Waals surface area contributed by atoms with E-state index in [0.29, 0.717) is 0 Å². The van der Waals surface area contributed by atoms with Crippen LogP contribution < -0.4 is 0 Å². The van der Waals surface area contributed by atoms with Crippen molar-refractivity contribution in [3.8, 4) is 0 Å². The van der Waals surface area contributed by atoms with Crippen molar-refractivity contribution in [2.45, 2.75) is 77.0 Å². The molecule has 0 unspecified atom stereocenters. The van der Waals surface area contributed by atoms with Gasteiger partial charge in [-0.25, -0.2) is 0 Å². The van der Waals surface area contributed by atoms with Gasteiger partial charge in [-0.2, -0.15) is 0 Å². The number of allylic oxidation sites excluding steroid dienone is 1. The number of hydrogen-bond donors (Lipinski definition) is 0. The molecule has 1 aromatic carbocycles. The molecule has 2 aliphatic rings. The number of hydrogen-bond acceptors (Lipinski definition) is 0. The Morgan fingerprint density at radius 3 is 1.84 bits per heavy atom. The first-order chi connectivity index (χ1) is 12.2. The Morgan fingerprint density at radius 1 is 0.800 bits per heavy atom. The van der Waals surface area contributed by atoms with Crippen LogP contribution in [-0.2, 0) is 6.42 Å². The Morgan fingerprint density at radius 2 is 1.32 bits per heavy atom. The lowest BCUT2D eigenvalue weighted by molar-refractivity contribution is 0.141. The van der Waals surface area contributed by atoms with Gasteiger partial charge in [0.2, 0.25) is 0 Å². The zero-order chi connectivity index (χ0) is 17.5. The van der Waals surface area contributed by atoms with E-state index in [-0.39, 0.29) is 0 Å². The topological polar surface area (TPSA) is 0 Å². The molecule has 0 atom stereocenters. The maximum atomic E-state index is 5.98. The lowest BCUT2D eigenvalue weighted by Gasteiger charge is -2.38. The van der Waals surface area contributed by atoms with Crippen molar-refractivity contribution in [2.75, 3.05) is 0 Å². The Labute approximate surface area is 160 Å². The highest BCUT2D eigenvalue weighted by Gasteiger charge is 2.30. The van der Waals surface area contributed by atoms with Gasteiger partial charge < -0.3 is 0 Å². The van der Waals surface area contributed by atoms with Gasteiger partial charge in [-0.1, -0.05) is 55.5 Å². The van der Waals surface area contributed by atoms with E-state index in [1.165, 1.54) is 82.6 Å². The highest BCUT2D eigenvalue weighted by Crippen LogP contribution is 2.42. The van der Waals surface area contributed by atoms with Gasteiger partial charge in [-0.15, -0.1) is 6.58 Å². The van der Waals surface area contributed by atoms with Gasteiger partial charge in [0.1, 0.15) is 0 Å². The maximum Gasteiger partial charge on any atom is 0.0406 e. The molecule has 0 saturated heterocycles. The fourth-order valence-electron chi connectivity index (χ4n) is 5.27. The molecule has 0 spiro atoms. The van der Waals surface area contributed by atoms with Crippen molar-refractivity contribution in [3.63, 3.8) is 0 Å². The third-order valence-electron chi connectivity index (χ3n) is 6.98. The molecule has 0 heterocycles. The summed E-state index contributed by atoms with van der Waals surface area (Å²) < 4.78 is 0. The summed E-state index contributed by atoms with van der Waals surface area (Å²) in [6.07, 6.45) is 19.2. The van der Waals surface area contributed by atoms with E-state index in [9.17, 15) is 0 Å². The van der Waals surface area contributed by atoms with Crippen LogP contribution in [0.25, 0.3) is 0 Å². The van der Waals surface area contributed by atoms with Crippen molar-refractivity contribution in [2.24, 2.45) is 23.7 Å². The van der Waals surface area contributed by atoms with Crippen LogP contribution in [0.4, 0.5) is 0 Å². The monoisotopic (exact) mass is 358 g/mol.